The molecule has 6 nitrogen and oxygen atoms in total. The van der Waals surface area contributed by atoms with Crippen molar-refractivity contribution >= 4 is 16.8 Å². The number of hydrogen-bond donors (Lipinski definition) is 2. The Bertz CT molecular complexity index is 1120. The molecule has 0 bridgehead atoms. The third kappa shape index (κ3) is 3.43. The van der Waals surface area contributed by atoms with Gasteiger partial charge < -0.3 is 19.6 Å². The SMILES string of the molecule is COc1cc(C)[nH]c(=O)c1CNC(=O)c1c(C)n(C2CCCC2)c2ccccc12. The molecule has 4 rings (SSSR count). The van der Waals surface area contributed by atoms with Gasteiger partial charge in [-0.05, 0) is 38.8 Å². The van der Waals surface area contributed by atoms with E-state index in [1.165, 1.54) is 20.0 Å². The van der Waals surface area contributed by atoms with E-state index in [0.717, 1.165) is 35.1 Å². The average Bonchev–Trinajstić information content (AvgIpc) is 3.31. The molecule has 2 heterocycles. The van der Waals surface area contributed by atoms with Gasteiger partial charge in [0.15, 0.2) is 0 Å². The van der Waals surface area contributed by atoms with Gasteiger partial charge in [-0.15, -0.1) is 0 Å². The zero-order valence-corrected chi connectivity index (χ0v) is 17.2. The van der Waals surface area contributed by atoms with Crippen LogP contribution in [0.15, 0.2) is 35.1 Å². The Morgan fingerprint density at radius 2 is 1.97 bits per heavy atom. The summed E-state index contributed by atoms with van der Waals surface area (Å²) in [5.41, 5.74) is 3.68. The smallest absolute Gasteiger partial charge is 0.256 e. The maximum atomic E-state index is 13.2. The molecule has 0 saturated heterocycles. The lowest BCUT2D eigenvalue weighted by Gasteiger charge is -2.16. The number of amides is 1. The molecule has 1 aliphatic carbocycles. The number of benzene rings is 1. The molecule has 1 amide bonds. The number of aromatic nitrogens is 2. The summed E-state index contributed by atoms with van der Waals surface area (Å²) in [5, 5.41) is 3.89. The lowest BCUT2D eigenvalue weighted by Crippen LogP contribution is -2.28. The number of methoxy groups -OCH3 is 1. The van der Waals surface area contributed by atoms with Crippen LogP contribution in [0.2, 0.25) is 0 Å². The van der Waals surface area contributed by atoms with Gasteiger partial charge in [-0.1, -0.05) is 31.0 Å². The maximum Gasteiger partial charge on any atom is 0.256 e. The van der Waals surface area contributed by atoms with Gasteiger partial charge in [-0.2, -0.15) is 0 Å². The van der Waals surface area contributed by atoms with Crippen LogP contribution in [0.1, 0.15) is 59.0 Å². The lowest BCUT2D eigenvalue weighted by atomic mass is 10.1. The summed E-state index contributed by atoms with van der Waals surface area (Å²) in [5.74, 6) is 0.314. The number of fused-ring (bicyclic) bond motifs is 1. The summed E-state index contributed by atoms with van der Waals surface area (Å²) in [6.07, 6.45) is 4.76. The second-order valence-electron chi connectivity index (χ2n) is 7.80. The predicted molar refractivity (Wildman–Crippen MR) is 114 cm³/mol. The maximum absolute atomic E-state index is 13.2. The van der Waals surface area contributed by atoms with E-state index in [0.29, 0.717) is 22.9 Å². The van der Waals surface area contributed by atoms with E-state index in [-0.39, 0.29) is 18.0 Å². The Balaban J connectivity index is 1.68. The summed E-state index contributed by atoms with van der Waals surface area (Å²) in [6.45, 7) is 3.93. The summed E-state index contributed by atoms with van der Waals surface area (Å²) in [6, 6.07) is 10.3. The molecule has 1 saturated carbocycles. The van der Waals surface area contributed by atoms with Crippen molar-refractivity contribution in [2.45, 2.75) is 52.1 Å². The molecule has 1 fully saturated rings. The molecule has 3 aromatic rings. The first-order valence-electron chi connectivity index (χ1n) is 10.2. The van der Waals surface area contributed by atoms with E-state index < -0.39 is 0 Å². The molecule has 2 N–H and O–H groups in total. The first-order valence-corrected chi connectivity index (χ1v) is 10.2. The first-order chi connectivity index (χ1) is 14.0. The molecule has 0 atom stereocenters. The van der Waals surface area contributed by atoms with E-state index in [2.05, 4.69) is 20.9 Å². The number of pyridine rings is 1. The monoisotopic (exact) mass is 393 g/mol. The number of H-pyrrole nitrogens is 1. The Morgan fingerprint density at radius 1 is 1.24 bits per heavy atom. The van der Waals surface area contributed by atoms with Crippen LogP contribution in [-0.4, -0.2) is 22.6 Å². The van der Waals surface area contributed by atoms with Crippen molar-refractivity contribution < 1.29 is 9.53 Å². The van der Waals surface area contributed by atoms with Gasteiger partial charge in [-0.25, -0.2) is 0 Å². The quantitative estimate of drug-likeness (QED) is 0.688. The number of nitrogens with one attached hydrogen (secondary N) is 2. The molecule has 0 unspecified atom stereocenters. The number of carbonyl (C=O) groups is 1. The number of para-hydroxylation sites is 1. The van der Waals surface area contributed by atoms with Gasteiger partial charge in [0.1, 0.15) is 5.75 Å². The third-order valence-corrected chi connectivity index (χ3v) is 5.95. The van der Waals surface area contributed by atoms with E-state index in [1.54, 1.807) is 13.0 Å². The number of ether oxygens (including phenoxy) is 1. The van der Waals surface area contributed by atoms with E-state index >= 15 is 0 Å². The van der Waals surface area contributed by atoms with E-state index in [4.69, 9.17) is 4.74 Å². The minimum Gasteiger partial charge on any atom is -0.496 e. The summed E-state index contributed by atoms with van der Waals surface area (Å²) in [4.78, 5) is 28.3. The van der Waals surface area contributed by atoms with Gasteiger partial charge in [-0.3, -0.25) is 9.59 Å². The highest BCUT2D eigenvalue weighted by atomic mass is 16.5. The molecule has 1 aromatic carbocycles. The summed E-state index contributed by atoms with van der Waals surface area (Å²) in [7, 11) is 1.53. The lowest BCUT2D eigenvalue weighted by molar-refractivity contribution is 0.0951. The fraction of sp³-hybridized carbons (Fsp3) is 0.391. The molecule has 0 spiro atoms. The minimum atomic E-state index is -0.243. The zero-order valence-electron chi connectivity index (χ0n) is 17.2. The molecular weight excluding hydrogens is 366 g/mol. The van der Waals surface area contributed by atoms with Gasteiger partial charge in [0, 0.05) is 28.3 Å². The standard InChI is InChI=1S/C23H27N3O3/c1-14-12-20(29-3)18(22(27)25-14)13-24-23(28)21-15(2)26(16-8-4-5-9-16)19-11-7-6-10-17(19)21/h6-7,10-12,16H,4-5,8-9,13H2,1-3H3,(H,24,28)(H,25,27). The highest BCUT2D eigenvalue weighted by molar-refractivity contribution is 6.08. The van der Waals surface area contributed by atoms with Crippen LogP contribution in [0, 0.1) is 13.8 Å². The third-order valence-electron chi connectivity index (χ3n) is 5.95. The number of nitrogens with zero attached hydrogens (tertiary/aromatic N) is 1. The van der Waals surface area contributed by atoms with Crippen molar-refractivity contribution in [3.05, 3.63) is 63.2 Å². The highest BCUT2D eigenvalue weighted by Crippen LogP contribution is 2.36. The number of aryl methyl sites for hydroxylation is 1. The molecule has 2 aromatic heterocycles. The fourth-order valence-corrected chi connectivity index (χ4v) is 4.60. The van der Waals surface area contributed by atoms with Gasteiger partial charge in [0.25, 0.3) is 11.5 Å². The van der Waals surface area contributed by atoms with Crippen LogP contribution in [0.3, 0.4) is 0 Å². The Labute approximate surface area is 169 Å². The van der Waals surface area contributed by atoms with Gasteiger partial charge in [0.2, 0.25) is 0 Å². The van der Waals surface area contributed by atoms with Crippen molar-refractivity contribution in [1.82, 2.24) is 14.9 Å². The van der Waals surface area contributed by atoms with Crippen LogP contribution in [0.4, 0.5) is 0 Å². The van der Waals surface area contributed by atoms with Gasteiger partial charge >= 0.3 is 0 Å². The van der Waals surface area contributed by atoms with Crippen LogP contribution >= 0.6 is 0 Å². The van der Waals surface area contributed by atoms with Gasteiger partial charge in [0.05, 0.1) is 24.8 Å². The molecule has 0 radical (unpaired) electrons. The molecule has 0 aliphatic heterocycles. The molecule has 1 aliphatic rings. The van der Waals surface area contributed by atoms with Crippen LogP contribution in [-0.2, 0) is 6.54 Å². The van der Waals surface area contributed by atoms with Crippen LogP contribution in [0.25, 0.3) is 10.9 Å². The zero-order chi connectivity index (χ0) is 20.5. The topological polar surface area (TPSA) is 76.1 Å². The summed E-state index contributed by atoms with van der Waals surface area (Å²) < 4.78 is 7.67. The fourth-order valence-electron chi connectivity index (χ4n) is 4.60. The average molecular weight is 393 g/mol. The van der Waals surface area contributed by atoms with Crippen molar-refractivity contribution in [2.75, 3.05) is 7.11 Å². The number of aromatic amines is 1. The number of carbonyl (C=O) groups excluding carboxylic acids is 1. The summed E-state index contributed by atoms with van der Waals surface area (Å²) >= 11 is 0. The highest BCUT2D eigenvalue weighted by Gasteiger charge is 2.26. The Morgan fingerprint density at radius 3 is 2.69 bits per heavy atom. The number of hydrogen-bond acceptors (Lipinski definition) is 3. The normalized spacial score (nSPS) is 14.4. The Kier molecular flexibility index (Phi) is 5.18. The van der Waals surface area contributed by atoms with Crippen molar-refractivity contribution in [3.8, 4) is 5.75 Å². The number of rotatable bonds is 5. The van der Waals surface area contributed by atoms with E-state index in [9.17, 15) is 9.59 Å². The minimum absolute atomic E-state index is 0.111. The Hall–Kier alpha value is -3.02. The molecule has 29 heavy (non-hydrogen) atoms. The second-order valence-corrected chi connectivity index (χ2v) is 7.80. The predicted octanol–water partition coefficient (Wildman–Crippen LogP) is 4.00. The van der Waals surface area contributed by atoms with Crippen molar-refractivity contribution in [1.29, 1.82) is 0 Å². The van der Waals surface area contributed by atoms with Crippen molar-refractivity contribution in [3.63, 3.8) is 0 Å². The largest absolute Gasteiger partial charge is 0.496 e. The molecule has 152 valence electrons. The van der Waals surface area contributed by atoms with Crippen molar-refractivity contribution in [2.24, 2.45) is 0 Å². The van der Waals surface area contributed by atoms with E-state index in [1.807, 2.05) is 25.1 Å². The molecule has 6 heteroatoms. The molecular formula is C23H27N3O3. The van der Waals surface area contributed by atoms with Crippen LogP contribution < -0.4 is 15.6 Å². The second kappa shape index (κ2) is 7.78. The first kappa shape index (κ1) is 19.3. The van der Waals surface area contributed by atoms with Crippen LogP contribution in [0.5, 0.6) is 5.75 Å².